The maximum Gasteiger partial charge on any atom is 0.433 e. The number of hydrogen-bond acceptors (Lipinski definition) is 3. The molecule has 8 heteroatoms. The van der Waals surface area contributed by atoms with Gasteiger partial charge in [-0.15, -0.1) is 0 Å². The van der Waals surface area contributed by atoms with E-state index < -0.39 is 17.7 Å². The number of benzene rings is 1. The molecule has 0 fully saturated rings. The molecule has 0 saturated heterocycles. The Kier molecular flexibility index (Phi) is 4.08. The summed E-state index contributed by atoms with van der Waals surface area (Å²) in [6.45, 7) is 0. The standard InChI is InChI=1S/C13H9F4N3S/c14-10-5-7(1-3-9(10)12(18)21)20-8-2-4-11(19-6-8)13(15,16)17/h1-6,20H,(H2,18,21). The predicted molar refractivity (Wildman–Crippen MR) is 74.8 cm³/mol. The number of aromatic nitrogens is 1. The molecule has 1 heterocycles. The number of nitrogens with one attached hydrogen (secondary N) is 1. The molecule has 0 atom stereocenters. The van der Waals surface area contributed by atoms with E-state index in [1.54, 1.807) is 0 Å². The molecule has 3 nitrogen and oxygen atoms in total. The van der Waals surface area contributed by atoms with E-state index >= 15 is 0 Å². The number of nitrogens with zero attached hydrogens (tertiary/aromatic N) is 1. The molecular weight excluding hydrogens is 306 g/mol. The van der Waals surface area contributed by atoms with Gasteiger partial charge in [-0.05, 0) is 30.3 Å². The summed E-state index contributed by atoms with van der Waals surface area (Å²) in [6, 6.07) is 6.08. The Balaban J connectivity index is 2.19. The maximum atomic E-state index is 13.7. The number of rotatable bonds is 3. The quantitative estimate of drug-likeness (QED) is 0.671. The highest BCUT2D eigenvalue weighted by Crippen LogP contribution is 2.28. The topological polar surface area (TPSA) is 50.9 Å². The van der Waals surface area contributed by atoms with Gasteiger partial charge < -0.3 is 11.1 Å². The highest BCUT2D eigenvalue weighted by atomic mass is 32.1. The molecule has 1 aromatic heterocycles. The molecule has 0 spiro atoms. The van der Waals surface area contributed by atoms with Gasteiger partial charge in [0.25, 0.3) is 0 Å². The Morgan fingerprint density at radius 1 is 1.14 bits per heavy atom. The lowest BCUT2D eigenvalue weighted by Crippen LogP contribution is -2.11. The average molecular weight is 315 g/mol. The molecule has 0 amide bonds. The van der Waals surface area contributed by atoms with E-state index in [9.17, 15) is 17.6 Å². The molecule has 3 N–H and O–H groups in total. The van der Waals surface area contributed by atoms with Gasteiger partial charge in [-0.25, -0.2) is 9.37 Å². The second-order valence-electron chi connectivity index (χ2n) is 4.11. The van der Waals surface area contributed by atoms with Crippen LogP contribution in [0.5, 0.6) is 0 Å². The zero-order chi connectivity index (χ0) is 15.6. The van der Waals surface area contributed by atoms with Crippen LogP contribution in [0.4, 0.5) is 28.9 Å². The molecule has 2 rings (SSSR count). The molecule has 0 aliphatic heterocycles. The fraction of sp³-hybridized carbons (Fsp3) is 0.0769. The first-order valence-electron chi connectivity index (χ1n) is 5.67. The zero-order valence-electron chi connectivity index (χ0n) is 10.4. The van der Waals surface area contributed by atoms with Gasteiger partial charge in [-0.3, -0.25) is 0 Å². The minimum absolute atomic E-state index is 0.0738. The third kappa shape index (κ3) is 3.66. The fourth-order valence-electron chi connectivity index (χ4n) is 1.59. The van der Waals surface area contributed by atoms with Crippen molar-refractivity contribution in [2.24, 2.45) is 5.73 Å². The first kappa shape index (κ1) is 15.2. The van der Waals surface area contributed by atoms with Crippen LogP contribution in [0.25, 0.3) is 0 Å². The van der Waals surface area contributed by atoms with Crippen LogP contribution in [0.2, 0.25) is 0 Å². The Hall–Kier alpha value is -2.22. The third-order valence-corrected chi connectivity index (χ3v) is 2.80. The number of thiocarbonyl (C=S) groups is 1. The van der Waals surface area contributed by atoms with Crippen LogP contribution in [-0.2, 0) is 6.18 Å². The maximum absolute atomic E-state index is 13.7. The summed E-state index contributed by atoms with van der Waals surface area (Å²) in [7, 11) is 0. The van der Waals surface area contributed by atoms with Crippen molar-refractivity contribution in [2.75, 3.05) is 5.32 Å². The lowest BCUT2D eigenvalue weighted by atomic mass is 10.2. The lowest BCUT2D eigenvalue weighted by molar-refractivity contribution is -0.141. The predicted octanol–water partition coefficient (Wildman–Crippen LogP) is 3.62. The fourth-order valence-corrected chi connectivity index (χ4v) is 1.76. The second kappa shape index (κ2) is 5.65. The van der Waals surface area contributed by atoms with Crippen molar-refractivity contribution in [3.63, 3.8) is 0 Å². The third-order valence-electron chi connectivity index (χ3n) is 2.58. The Bertz CT molecular complexity index is 668. The van der Waals surface area contributed by atoms with Crippen molar-refractivity contribution in [2.45, 2.75) is 6.18 Å². The van der Waals surface area contributed by atoms with Gasteiger partial charge in [-0.2, -0.15) is 13.2 Å². The van der Waals surface area contributed by atoms with Crippen molar-refractivity contribution < 1.29 is 17.6 Å². The normalized spacial score (nSPS) is 11.2. The minimum Gasteiger partial charge on any atom is -0.389 e. The SMILES string of the molecule is NC(=S)c1ccc(Nc2ccc(C(F)(F)F)nc2)cc1F. The van der Waals surface area contributed by atoms with Gasteiger partial charge in [-0.1, -0.05) is 12.2 Å². The van der Waals surface area contributed by atoms with E-state index in [0.717, 1.165) is 18.3 Å². The number of pyridine rings is 1. The molecule has 0 aliphatic carbocycles. The molecule has 0 bridgehead atoms. The molecule has 21 heavy (non-hydrogen) atoms. The summed E-state index contributed by atoms with van der Waals surface area (Å²) in [5.74, 6) is -0.618. The number of alkyl halides is 3. The number of hydrogen-bond donors (Lipinski definition) is 2. The molecule has 0 unspecified atom stereocenters. The summed E-state index contributed by atoms with van der Waals surface area (Å²) < 4.78 is 50.7. The van der Waals surface area contributed by atoms with Gasteiger partial charge in [0.1, 0.15) is 16.5 Å². The van der Waals surface area contributed by atoms with E-state index in [1.807, 2.05) is 0 Å². The van der Waals surface area contributed by atoms with Gasteiger partial charge in [0, 0.05) is 11.3 Å². The summed E-state index contributed by atoms with van der Waals surface area (Å²) in [5, 5.41) is 2.74. The van der Waals surface area contributed by atoms with Crippen LogP contribution in [0, 0.1) is 5.82 Å². The first-order chi connectivity index (χ1) is 9.77. The van der Waals surface area contributed by atoms with E-state index in [1.165, 1.54) is 18.2 Å². The van der Waals surface area contributed by atoms with Crippen LogP contribution < -0.4 is 11.1 Å². The largest absolute Gasteiger partial charge is 0.433 e. The molecule has 1 aromatic carbocycles. The van der Waals surface area contributed by atoms with Crippen LogP contribution in [0.1, 0.15) is 11.3 Å². The molecule has 2 aromatic rings. The molecular formula is C13H9F4N3S. The summed E-state index contributed by atoms with van der Waals surface area (Å²) in [5.41, 5.74) is 5.07. The highest BCUT2D eigenvalue weighted by molar-refractivity contribution is 7.80. The van der Waals surface area contributed by atoms with Crippen LogP contribution in [-0.4, -0.2) is 9.97 Å². The van der Waals surface area contributed by atoms with Gasteiger partial charge in [0.2, 0.25) is 0 Å². The first-order valence-corrected chi connectivity index (χ1v) is 6.08. The molecule has 0 aliphatic rings. The number of anilines is 2. The molecule has 110 valence electrons. The summed E-state index contributed by atoms with van der Waals surface area (Å²) in [4.78, 5) is 3.22. The van der Waals surface area contributed by atoms with Crippen LogP contribution in [0.15, 0.2) is 36.5 Å². The molecule has 0 saturated carbocycles. The van der Waals surface area contributed by atoms with E-state index in [2.05, 4.69) is 22.5 Å². The van der Waals surface area contributed by atoms with Crippen LogP contribution in [0.3, 0.4) is 0 Å². The van der Waals surface area contributed by atoms with Crippen molar-refractivity contribution in [3.05, 3.63) is 53.6 Å². The van der Waals surface area contributed by atoms with E-state index in [0.29, 0.717) is 11.4 Å². The van der Waals surface area contributed by atoms with Gasteiger partial charge >= 0.3 is 6.18 Å². The van der Waals surface area contributed by atoms with E-state index in [-0.39, 0.29) is 10.6 Å². The van der Waals surface area contributed by atoms with Crippen molar-refractivity contribution >= 4 is 28.6 Å². The van der Waals surface area contributed by atoms with Crippen molar-refractivity contribution in [3.8, 4) is 0 Å². The van der Waals surface area contributed by atoms with Crippen LogP contribution >= 0.6 is 12.2 Å². The minimum atomic E-state index is -4.50. The number of halogens is 4. The molecule has 0 radical (unpaired) electrons. The van der Waals surface area contributed by atoms with Gasteiger partial charge in [0.05, 0.1) is 11.9 Å². The van der Waals surface area contributed by atoms with Crippen molar-refractivity contribution in [1.82, 2.24) is 4.98 Å². The Morgan fingerprint density at radius 3 is 2.29 bits per heavy atom. The zero-order valence-corrected chi connectivity index (χ0v) is 11.2. The highest BCUT2D eigenvalue weighted by Gasteiger charge is 2.31. The van der Waals surface area contributed by atoms with Crippen molar-refractivity contribution in [1.29, 1.82) is 0 Å². The van der Waals surface area contributed by atoms with E-state index in [4.69, 9.17) is 5.73 Å². The average Bonchev–Trinajstić information content (AvgIpc) is 2.38. The Morgan fingerprint density at radius 2 is 1.81 bits per heavy atom. The Labute approximate surface area is 122 Å². The smallest absolute Gasteiger partial charge is 0.389 e. The monoisotopic (exact) mass is 315 g/mol. The summed E-state index contributed by atoms with van der Waals surface area (Å²) >= 11 is 4.67. The summed E-state index contributed by atoms with van der Waals surface area (Å²) in [6.07, 6.45) is -3.48. The number of nitrogens with two attached hydrogens (primary N) is 1. The second-order valence-corrected chi connectivity index (χ2v) is 4.55. The van der Waals surface area contributed by atoms with Gasteiger partial charge in [0.15, 0.2) is 0 Å². The lowest BCUT2D eigenvalue weighted by Gasteiger charge is -2.10.